The molecule has 0 atom stereocenters. The van der Waals surface area contributed by atoms with Crippen LogP contribution in [-0.4, -0.2) is 52.8 Å². The van der Waals surface area contributed by atoms with Gasteiger partial charge in [-0.3, -0.25) is 0 Å². The highest BCUT2D eigenvalue weighted by Crippen LogP contribution is 2.15. The van der Waals surface area contributed by atoms with E-state index in [4.69, 9.17) is 0 Å². The fourth-order valence-electron chi connectivity index (χ4n) is 2.23. The molecule has 1 aliphatic rings. The molecule has 0 bridgehead atoms. The van der Waals surface area contributed by atoms with Crippen LogP contribution >= 0.6 is 0 Å². The molecule has 21 heavy (non-hydrogen) atoms. The van der Waals surface area contributed by atoms with Gasteiger partial charge >= 0.3 is 0 Å². The quantitative estimate of drug-likeness (QED) is 0.818. The third-order valence-corrected chi connectivity index (χ3v) is 6.91. The molecule has 1 aliphatic heterocycles. The maximum Gasteiger partial charge on any atom is 0.218 e. The SMILES string of the molecule is CNCc1ccc(CS(=O)(=O)N2CCS(=O)(=O)CC2)cc1. The second kappa shape index (κ2) is 6.43. The summed E-state index contributed by atoms with van der Waals surface area (Å²) in [5.74, 6) is -0.270. The van der Waals surface area contributed by atoms with Crippen LogP contribution in [0.25, 0.3) is 0 Å². The van der Waals surface area contributed by atoms with Gasteiger partial charge in [-0.25, -0.2) is 16.8 Å². The van der Waals surface area contributed by atoms with Crippen LogP contribution in [0.4, 0.5) is 0 Å². The normalized spacial score (nSPS) is 19.5. The lowest BCUT2D eigenvalue weighted by Gasteiger charge is -2.26. The highest BCUT2D eigenvalue weighted by atomic mass is 32.2. The lowest BCUT2D eigenvalue weighted by Crippen LogP contribution is -2.44. The Kier molecular flexibility index (Phi) is 5.03. The van der Waals surface area contributed by atoms with Crippen molar-refractivity contribution >= 4 is 19.9 Å². The Hall–Kier alpha value is -0.960. The third kappa shape index (κ3) is 4.50. The van der Waals surface area contributed by atoms with Crippen molar-refractivity contribution in [2.45, 2.75) is 12.3 Å². The zero-order valence-electron chi connectivity index (χ0n) is 11.9. The number of nitrogens with one attached hydrogen (secondary N) is 1. The van der Waals surface area contributed by atoms with Gasteiger partial charge in [-0.2, -0.15) is 4.31 Å². The molecule has 1 fully saturated rings. The van der Waals surface area contributed by atoms with Crippen LogP contribution in [0, 0.1) is 0 Å². The second-order valence-electron chi connectivity index (χ2n) is 5.15. The molecule has 0 unspecified atom stereocenters. The van der Waals surface area contributed by atoms with Gasteiger partial charge in [-0.1, -0.05) is 24.3 Å². The van der Waals surface area contributed by atoms with E-state index in [9.17, 15) is 16.8 Å². The zero-order chi connectivity index (χ0) is 15.5. The first kappa shape index (κ1) is 16.4. The molecule has 0 aliphatic carbocycles. The molecule has 8 heteroatoms. The Balaban J connectivity index is 2.04. The van der Waals surface area contributed by atoms with Crippen molar-refractivity contribution in [1.82, 2.24) is 9.62 Å². The van der Waals surface area contributed by atoms with Gasteiger partial charge in [-0.15, -0.1) is 0 Å². The second-order valence-corrected chi connectivity index (χ2v) is 9.43. The Morgan fingerprint density at radius 2 is 1.62 bits per heavy atom. The molecule has 1 aromatic carbocycles. The summed E-state index contributed by atoms with van der Waals surface area (Å²) in [6.07, 6.45) is 0. The van der Waals surface area contributed by atoms with E-state index < -0.39 is 19.9 Å². The van der Waals surface area contributed by atoms with Gasteiger partial charge in [-0.05, 0) is 18.2 Å². The van der Waals surface area contributed by atoms with E-state index in [1.165, 1.54) is 4.31 Å². The standard InChI is InChI=1S/C13H20N2O4S2/c1-14-10-12-2-4-13(5-3-12)11-21(18,19)15-6-8-20(16,17)9-7-15/h2-5,14H,6-11H2,1H3. The average Bonchev–Trinajstić information content (AvgIpc) is 2.40. The predicted molar refractivity (Wildman–Crippen MR) is 82.1 cm³/mol. The summed E-state index contributed by atoms with van der Waals surface area (Å²) >= 11 is 0. The summed E-state index contributed by atoms with van der Waals surface area (Å²) in [6.45, 7) is 0.849. The number of hydrogen-bond donors (Lipinski definition) is 1. The molecule has 0 saturated carbocycles. The number of rotatable bonds is 5. The molecule has 6 nitrogen and oxygen atoms in total. The fourth-order valence-corrected chi connectivity index (χ4v) is 5.20. The number of sulfone groups is 1. The molecule has 1 N–H and O–H groups in total. The van der Waals surface area contributed by atoms with Gasteiger partial charge in [0.25, 0.3) is 0 Å². The first-order chi connectivity index (χ1) is 9.82. The zero-order valence-corrected chi connectivity index (χ0v) is 13.6. The fraction of sp³-hybridized carbons (Fsp3) is 0.538. The van der Waals surface area contributed by atoms with Crippen molar-refractivity contribution in [1.29, 1.82) is 0 Å². The van der Waals surface area contributed by atoms with Crippen molar-refractivity contribution < 1.29 is 16.8 Å². The lowest BCUT2D eigenvalue weighted by molar-refractivity contribution is 0.430. The van der Waals surface area contributed by atoms with Gasteiger partial charge < -0.3 is 5.32 Å². The molecule has 0 aromatic heterocycles. The summed E-state index contributed by atoms with van der Waals surface area (Å²) in [6, 6.07) is 7.37. The van der Waals surface area contributed by atoms with E-state index >= 15 is 0 Å². The molecule has 0 spiro atoms. The van der Waals surface area contributed by atoms with Crippen LogP contribution in [0.2, 0.25) is 0 Å². The summed E-state index contributed by atoms with van der Waals surface area (Å²) in [4.78, 5) is 0. The van der Waals surface area contributed by atoms with E-state index in [0.29, 0.717) is 5.56 Å². The van der Waals surface area contributed by atoms with Crippen molar-refractivity contribution in [2.75, 3.05) is 31.6 Å². The van der Waals surface area contributed by atoms with Crippen molar-refractivity contribution in [3.05, 3.63) is 35.4 Å². The molecule has 118 valence electrons. The minimum absolute atomic E-state index is 0.0580. The summed E-state index contributed by atoms with van der Waals surface area (Å²) in [5, 5.41) is 3.03. The largest absolute Gasteiger partial charge is 0.316 e. The van der Waals surface area contributed by atoms with E-state index in [0.717, 1.165) is 12.1 Å². The Morgan fingerprint density at radius 3 is 2.14 bits per heavy atom. The molecular weight excluding hydrogens is 312 g/mol. The molecule has 2 rings (SSSR count). The van der Waals surface area contributed by atoms with Crippen molar-refractivity contribution in [3.8, 4) is 0 Å². The first-order valence-electron chi connectivity index (χ1n) is 6.73. The Morgan fingerprint density at radius 1 is 1.10 bits per heavy atom. The van der Waals surface area contributed by atoms with Crippen molar-refractivity contribution in [2.24, 2.45) is 0 Å². The average molecular weight is 332 g/mol. The highest BCUT2D eigenvalue weighted by Gasteiger charge is 2.29. The molecule has 1 aromatic rings. The van der Waals surface area contributed by atoms with Crippen LogP contribution in [0.5, 0.6) is 0 Å². The molecule has 0 radical (unpaired) electrons. The monoisotopic (exact) mass is 332 g/mol. The minimum atomic E-state index is -3.46. The number of hydrogen-bond acceptors (Lipinski definition) is 5. The van der Waals surface area contributed by atoms with Gasteiger partial charge in [0.2, 0.25) is 10.0 Å². The topological polar surface area (TPSA) is 83.6 Å². The van der Waals surface area contributed by atoms with Crippen LogP contribution < -0.4 is 5.32 Å². The molecular formula is C13H20N2O4S2. The number of sulfonamides is 1. The number of nitrogens with zero attached hydrogens (tertiary/aromatic N) is 1. The van der Waals surface area contributed by atoms with Gasteiger partial charge in [0.1, 0.15) is 0 Å². The smallest absolute Gasteiger partial charge is 0.218 e. The maximum absolute atomic E-state index is 12.3. The maximum atomic E-state index is 12.3. The Bertz CT molecular complexity index is 667. The summed E-state index contributed by atoms with van der Waals surface area (Å²) < 4.78 is 48.6. The van der Waals surface area contributed by atoms with Gasteiger partial charge in [0, 0.05) is 19.6 Å². The molecule has 1 heterocycles. The number of benzene rings is 1. The minimum Gasteiger partial charge on any atom is -0.316 e. The predicted octanol–water partition coefficient (Wildman–Crippen LogP) is -0.0338. The van der Waals surface area contributed by atoms with E-state index in [-0.39, 0.29) is 30.3 Å². The highest BCUT2D eigenvalue weighted by molar-refractivity contribution is 7.92. The first-order valence-corrected chi connectivity index (χ1v) is 10.2. The van der Waals surface area contributed by atoms with Gasteiger partial charge in [0.15, 0.2) is 9.84 Å². The lowest BCUT2D eigenvalue weighted by atomic mass is 10.1. The van der Waals surface area contributed by atoms with Crippen LogP contribution in [-0.2, 0) is 32.2 Å². The van der Waals surface area contributed by atoms with Crippen LogP contribution in [0.3, 0.4) is 0 Å². The Labute approximate surface area is 126 Å². The molecule has 1 saturated heterocycles. The van der Waals surface area contributed by atoms with Crippen LogP contribution in [0.1, 0.15) is 11.1 Å². The summed E-state index contributed by atoms with van der Waals surface area (Å²) in [5.41, 5.74) is 1.80. The van der Waals surface area contributed by atoms with E-state index in [1.807, 2.05) is 19.2 Å². The van der Waals surface area contributed by atoms with Crippen LogP contribution in [0.15, 0.2) is 24.3 Å². The van der Waals surface area contributed by atoms with Gasteiger partial charge in [0.05, 0.1) is 17.3 Å². The van der Waals surface area contributed by atoms with E-state index in [1.54, 1.807) is 12.1 Å². The third-order valence-electron chi connectivity index (χ3n) is 3.45. The van der Waals surface area contributed by atoms with E-state index in [2.05, 4.69) is 5.32 Å². The summed E-state index contributed by atoms with van der Waals surface area (Å²) in [7, 11) is -4.68. The van der Waals surface area contributed by atoms with Crippen molar-refractivity contribution in [3.63, 3.8) is 0 Å². The molecule has 0 amide bonds.